The monoisotopic (exact) mass is 353 g/mol. The molecule has 0 aliphatic carbocycles. The van der Waals surface area contributed by atoms with E-state index in [1.54, 1.807) is 18.2 Å². The number of carbonyl (C=O) groups is 1. The van der Waals surface area contributed by atoms with Crippen LogP contribution in [-0.4, -0.2) is 18.2 Å². The fraction of sp³-hybridized carbons (Fsp3) is 0.133. The van der Waals surface area contributed by atoms with E-state index >= 15 is 0 Å². The number of carbonyl (C=O) groups excluding carboxylic acids is 1. The number of phenols is 1. The van der Waals surface area contributed by atoms with Gasteiger partial charge in [-0.3, -0.25) is 0 Å². The van der Waals surface area contributed by atoms with Crippen molar-refractivity contribution in [2.45, 2.75) is 6.54 Å². The molecular weight excluding hydrogens is 341 g/mol. The highest BCUT2D eigenvalue weighted by Gasteiger charge is 2.13. The second kappa shape index (κ2) is 6.58. The van der Waals surface area contributed by atoms with Gasteiger partial charge in [0.1, 0.15) is 11.6 Å². The number of para-hydroxylation sites is 1. The van der Waals surface area contributed by atoms with E-state index in [0.29, 0.717) is 15.7 Å². The molecule has 0 heterocycles. The number of halogens is 2. The van der Waals surface area contributed by atoms with E-state index in [9.17, 15) is 14.3 Å². The van der Waals surface area contributed by atoms with Crippen LogP contribution < -0.4 is 5.32 Å². The average molecular weight is 354 g/mol. The topological polar surface area (TPSA) is 58.6 Å². The second-order valence-corrected chi connectivity index (χ2v) is 5.14. The Hall–Kier alpha value is -2.08. The standard InChI is InChI=1S/C15H13BrFNO3/c1-21-15(20)11-6-5-10(17)7-13(11)18-8-9-3-2-4-12(16)14(9)19/h2-7,18-19H,8H2,1H3. The van der Waals surface area contributed by atoms with Crippen LogP contribution in [0.5, 0.6) is 5.75 Å². The van der Waals surface area contributed by atoms with Crippen molar-refractivity contribution in [2.75, 3.05) is 12.4 Å². The van der Waals surface area contributed by atoms with Crippen molar-refractivity contribution in [3.8, 4) is 5.75 Å². The number of methoxy groups -OCH3 is 1. The third-order valence-electron chi connectivity index (χ3n) is 2.93. The van der Waals surface area contributed by atoms with Gasteiger partial charge in [-0.25, -0.2) is 9.18 Å². The maximum absolute atomic E-state index is 13.3. The van der Waals surface area contributed by atoms with Gasteiger partial charge < -0.3 is 15.2 Å². The van der Waals surface area contributed by atoms with Crippen molar-refractivity contribution >= 4 is 27.6 Å². The highest BCUT2D eigenvalue weighted by Crippen LogP contribution is 2.28. The normalized spacial score (nSPS) is 10.2. The summed E-state index contributed by atoms with van der Waals surface area (Å²) < 4.78 is 18.6. The molecule has 0 aromatic heterocycles. The molecule has 0 bridgehead atoms. The first-order valence-electron chi connectivity index (χ1n) is 6.11. The van der Waals surface area contributed by atoms with Crippen LogP contribution in [0.25, 0.3) is 0 Å². The van der Waals surface area contributed by atoms with Crippen LogP contribution in [0, 0.1) is 5.82 Å². The number of benzene rings is 2. The van der Waals surface area contributed by atoms with Crippen molar-refractivity contribution in [3.05, 3.63) is 57.8 Å². The van der Waals surface area contributed by atoms with E-state index in [1.807, 2.05) is 0 Å². The van der Waals surface area contributed by atoms with Gasteiger partial charge in [0, 0.05) is 12.1 Å². The first-order chi connectivity index (χ1) is 10.0. The lowest BCUT2D eigenvalue weighted by molar-refractivity contribution is 0.0602. The van der Waals surface area contributed by atoms with E-state index < -0.39 is 11.8 Å². The number of nitrogens with one attached hydrogen (secondary N) is 1. The van der Waals surface area contributed by atoms with E-state index in [2.05, 4.69) is 26.0 Å². The minimum atomic E-state index is -0.559. The molecule has 2 aromatic rings. The third-order valence-corrected chi connectivity index (χ3v) is 3.57. The van der Waals surface area contributed by atoms with Gasteiger partial charge in [0.15, 0.2) is 0 Å². The molecule has 4 nitrogen and oxygen atoms in total. The van der Waals surface area contributed by atoms with E-state index in [1.165, 1.54) is 25.3 Å². The van der Waals surface area contributed by atoms with E-state index in [0.717, 1.165) is 0 Å². The predicted octanol–water partition coefficient (Wildman–Crippen LogP) is 3.69. The summed E-state index contributed by atoms with van der Waals surface area (Å²) in [4.78, 5) is 11.6. The Labute approximate surface area is 129 Å². The average Bonchev–Trinajstić information content (AvgIpc) is 2.48. The Morgan fingerprint density at radius 1 is 1.38 bits per heavy atom. The summed E-state index contributed by atoms with van der Waals surface area (Å²) in [6, 6.07) is 8.96. The zero-order chi connectivity index (χ0) is 15.4. The Balaban J connectivity index is 2.25. The van der Waals surface area contributed by atoms with Crippen molar-refractivity contribution in [3.63, 3.8) is 0 Å². The molecule has 2 aromatic carbocycles. The number of ether oxygens (including phenoxy) is 1. The molecule has 0 saturated carbocycles. The zero-order valence-corrected chi connectivity index (χ0v) is 12.8. The van der Waals surface area contributed by atoms with Gasteiger partial charge in [-0.1, -0.05) is 12.1 Å². The first-order valence-corrected chi connectivity index (χ1v) is 6.90. The molecule has 110 valence electrons. The van der Waals surface area contributed by atoms with Gasteiger partial charge in [-0.2, -0.15) is 0 Å². The molecule has 2 rings (SSSR count). The smallest absolute Gasteiger partial charge is 0.339 e. The van der Waals surface area contributed by atoms with Crippen LogP contribution in [-0.2, 0) is 11.3 Å². The molecule has 0 unspecified atom stereocenters. The molecule has 6 heteroatoms. The number of phenolic OH excluding ortho intramolecular Hbond substituents is 1. The largest absolute Gasteiger partial charge is 0.506 e. The van der Waals surface area contributed by atoms with Gasteiger partial charge in [-0.15, -0.1) is 0 Å². The lowest BCUT2D eigenvalue weighted by Gasteiger charge is -2.12. The van der Waals surface area contributed by atoms with Crippen LogP contribution >= 0.6 is 15.9 Å². The zero-order valence-electron chi connectivity index (χ0n) is 11.2. The number of hydrogen-bond donors (Lipinski definition) is 2. The van der Waals surface area contributed by atoms with Gasteiger partial charge in [0.25, 0.3) is 0 Å². The fourth-order valence-corrected chi connectivity index (χ4v) is 2.25. The van der Waals surface area contributed by atoms with Gasteiger partial charge in [0.05, 0.1) is 22.8 Å². The Morgan fingerprint density at radius 2 is 2.14 bits per heavy atom. The molecule has 0 aliphatic heterocycles. The van der Waals surface area contributed by atoms with Crippen molar-refractivity contribution in [2.24, 2.45) is 0 Å². The molecular formula is C15H13BrFNO3. The summed E-state index contributed by atoms with van der Waals surface area (Å²) in [5.74, 6) is -0.930. The molecule has 0 radical (unpaired) electrons. The lowest BCUT2D eigenvalue weighted by Crippen LogP contribution is -2.09. The summed E-state index contributed by atoms with van der Waals surface area (Å²) >= 11 is 3.22. The Kier molecular flexibility index (Phi) is 4.80. The Morgan fingerprint density at radius 3 is 2.86 bits per heavy atom. The summed E-state index contributed by atoms with van der Waals surface area (Å²) in [6.07, 6.45) is 0. The SMILES string of the molecule is COC(=O)c1ccc(F)cc1NCc1cccc(Br)c1O. The molecule has 2 N–H and O–H groups in total. The first kappa shape index (κ1) is 15.3. The van der Waals surface area contributed by atoms with Crippen molar-refractivity contribution in [1.82, 2.24) is 0 Å². The van der Waals surface area contributed by atoms with Crippen LogP contribution in [0.15, 0.2) is 40.9 Å². The Bertz CT molecular complexity index is 676. The van der Waals surface area contributed by atoms with E-state index in [4.69, 9.17) is 0 Å². The predicted molar refractivity (Wildman–Crippen MR) is 80.9 cm³/mol. The number of aromatic hydroxyl groups is 1. The second-order valence-electron chi connectivity index (χ2n) is 4.28. The molecule has 0 saturated heterocycles. The molecule has 0 spiro atoms. The molecule has 21 heavy (non-hydrogen) atoms. The molecule has 0 amide bonds. The molecule has 0 aliphatic rings. The quantitative estimate of drug-likeness (QED) is 0.823. The number of rotatable bonds is 4. The maximum atomic E-state index is 13.3. The van der Waals surface area contributed by atoms with Crippen molar-refractivity contribution < 1.29 is 19.0 Å². The molecule has 0 atom stereocenters. The summed E-state index contributed by atoms with van der Waals surface area (Å²) in [5, 5.41) is 12.8. The number of esters is 1. The summed E-state index contributed by atoms with van der Waals surface area (Å²) in [7, 11) is 1.26. The van der Waals surface area contributed by atoms with E-state index in [-0.39, 0.29) is 17.9 Å². The van der Waals surface area contributed by atoms with Gasteiger partial charge in [-0.05, 0) is 40.2 Å². The maximum Gasteiger partial charge on any atom is 0.339 e. The van der Waals surface area contributed by atoms with Crippen LogP contribution in [0.1, 0.15) is 15.9 Å². The third kappa shape index (κ3) is 3.52. The van der Waals surface area contributed by atoms with Crippen molar-refractivity contribution in [1.29, 1.82) is 0 Å². The minimum Gasteiger partial charge on any atom is -0.506 e. The lowest BCUT2D eigenvalue weighted by atomic mass is 10.1. The molecule has 0 fully saturated rings. The minimum absolute atomic E-state index is 0.0982. The number of hydrogen-bond acceptors (Lipinski definition) is 4. The highest BCUT2D eigenvalue weighted by atomic mass is 79.9. The highest BCUT2D eigenvalue weighted by molar-refractivity contribution is 9.10. The van der Waals surface area contributed by atoms with Gasteiger partial charge >= 0.3 is 5.97 Å². The summed E-state index contributed by atoms with van der Waals surface area (Å²) in [6.45, 7) is 0.235. The summed E-state index contributed by atoms with van der Waals surface area (Å²) in [5.41, 5.74) is 1.15. The van der Waals surface area contributed by atoms with Gasteiger partial charge in [0.2, 0.25) is 0 Å². The van der Waals surface area contributed by atoms with Crippen LogP contribution in [0.3, 0.4) is 0 Å². The fourth-order valence-electron chi connectivity index (χ4n) is 1.84. The number of anilines is 1. The van der Waals surface area contributed by atoms with Crippen LogP contribution in [0.4, 0.5) is 10.1 Å². The van der Waals surface area contributed by atoms with Crippen LogP contribution in [0.2, 0.25) is 0 Å².